The van der Waals surface area contributed by atoms with Crippen LogP contribution in [0.3, 0.4) is 0 Å². The lowest BCUT2D eigenvalue weighted by atomic mass is 9.94. The summed E-state index contributed by atoms with van der Waals surface area (Å²) in [5.74, 6) is -4.05. The SMILES string of the molecule is CS(=O)(=O)OC(=O)c1c(-c2ccccc2)ccc(OCC(=O)O)c1C(=O)Nc1ccc(C(=N)N)cc1. The van der Waals surface area contributed by atoms with Crippen molar-refractivity contribution in [3.8, 4) is 16.9 Å². The number of rotatable bonds is 9. The summed E-state index contributed by atoms with van der Waals surface area (Å²) >= 11 is 0. The molecule has 0 radical (unpaired) electrons. The van der Waals surface area contributed by atoms with E-state index in [0.717, 1.165) is 0 Å². The number of anilines is 1. The van der Waals surface area contributed by atoms with E-state index < -0.39 is 45.7 Å². The molecule has 0 unspecified atom stereocenters. The second kappa shape index (κ2) is 10.7. The minimum Gasteiger partial charge on any atom is -0.481 e. The summed E-state index contributed by atoms with van der Waals surface area (Å²) in [4.78, 5) is 37.6. The van der Waals surface area contributed by atoms with Gasteiger partial charge in [0.1, 0.15) is 11.6 Å². The number of benzene rings is 3. The number of ether oxygens (including phenoxy) is 1. The second-order valence-corrected chi connectivity index (χ2v) is 9.00. The van der Waals surface area contributed by atoms with Crippen LogP contribution in [-0.4, -0.2) is 50.1 Å². The number of nitrogen functional groups attached to an aromatic ring is 1. The van der Waals surface area contributed by atoms with Crippen LogP contribution in [0.1, 0.15) is 26.3 Å². The molecule has 11 nitrogen and oxygen atoms in total. The summed E-state index contributed by atoms with van der Waals surface area (Å²) in [6.07, 6.45) is 0.675. The van der Waals surface area contributed by atoms with Gasteiger partial charge in [-0.3, -0.25) is 10.2 Å². The van der Waals surface area contributed by atoms with Crippen molar-refractivity contribution < 1.29 is 36.8 Å². The highest BCUT2D eigenvalue weighted by Gasteiger charge is 2.29. The number of carboxylic acids is 1. The molecule has 0 heterocycles. The molecule has 0 atom stereocenters. The van der Waals surface area contributed by atoms with Gasteiger partial charge in [-0.05, 0) is 47.5 Å². The number of hydrogen-bond donors (Lipinski definition) is 4. The number of amidine groups is 1. The smallest absolute Gasteiger partial charge is 0.355 e. The first kappa shape index (κ1) is 25.9. The maximum absolute atomic E-state index is 13.4. The molecule has 36 heavy (non-hydrogen) atoms. The maximum Gasteiger partial charge on any atom is 0.355 e. The lowest BCUT2D eigenvalue weighted by molar-refractivity contribution is -0.139. The Balaban J connectivity index is 2.20. The third kappa shape index (κ3) is 6.45. The zero-order valence-corrected chi connectivity index (χ0v) is 19.7. The molecule has 0 saturated carbocycles. The highest BCUT2D eigenvalue weighted by Crippen LogP contribution is 2.34. The Kier molecular flexibility index (Phi) is 7.70. The number of aliphatic carboxylic acids is 1. The first-order valence-corrected chi connectivity index (χ1v) is 12.0. The monoisotopic (exact) mass is 511 g/mol. The Hall–Kier alpha value is -4.71. The van der Waals surface area contributed by atoms with Crippen molar-refractivity contribution in [1.29, 1.82) is 5.41 Å². The Morgan fingerprint density at radius 2 is 1.61 bits per heavy atom. The van der Waals surface area contributed by atoms with Gasteiger partial charge in [0, 0.05) is 11.3 Å². The van der Waals surface area contributed by atoms with Crippen LogP contribution in [0.25, 0.3) is 11.1 Å². The van der Waals surface area contributed by atoms with E-state index >= 15 is 0 Å². The minimum atomic E-state index is -4.27. The number of carbonyl (C=O) groups excluding carboxylic acids is 2. The van der Waals surface area contributed by atoms with Crippen LogP contribution in [0.2, 0.25) is 0 Å². The summed E-state index contributed by atoms with van der Waals surface area (Å²) in [5, 5.41) is 19.1. The van der Waals surface area contributed by atoms with Gasteiger partial charge in [0.2, 0.25) is 0 Å². The van der Waals surface area contributed by atoms with Gasteiger partial charge in [-0.1, -0.05) is 30.3 Å². The molecule has 3 aromatic carbocycles. The van der Waals surface area contributed by atoms with Gasteiger partial charge < -0.3 is 25.1 Å². The van der Waals surface area contributed by atoms with Gasteiger partial charge in [-0.25, -0.2) is 9.59 Å². The van der Waals surface area contributed by atoms with Crippen LogP contribution in [-0.2, 0) is 19.1 Å². The van der Waals surface area contributed by atoms with Gasteiger partial charge in [-0.15, -0.1) is 0 Å². The normalized spacial score (nSPS) is 10.8. The largest absolute Gasteiger partial charge is 0.481 e. The number of carboxylic acid groups (broad SMARTS) is 1. The summed E-state index contributed by atoms with van der Waals surface area (Å²) in [7, 11) is -4.27. The van der Waals surface area contributed by atoms with Gasteiger partial charge in [0.15, 0.2) is 6.61 Å². The molecule has 0 spiro atoms. The number of amides is 1. The molecular formula is C24H21N3O8S. The molecule has 0 aliphatic heterocycles. The summed E-state index contributed by atoms with van der Waals surface area (Å²) in [5.41, 5.74) is 5.85. The quantitative estimate of drug-likeness (QED) is 0.190. The zero-order valence-electron chi connectivity index (χ0n) is 18.8. The number of nitrogens with one attached hydrogen (secondary N) is 2. The first-order valence-electron chi connectivity index (χ1n) is 10.2. The van der Waals surface area contributed by atoms with Crippen LogP contribution >= 0.6 is 0 Å². The van der Waals surface area contributed by atoms with Crippen molar-refractivity contribution in [1.82, 2.24) is 0 Å². The van der Waals surface area contributed by atoms with Crippen molar-refractivity contribution in [2.75, 3.05) is 18.2 Å². The van der Waals surface area contributed by atoms with Crippen molar-refractivity contribution in [3.05, 3.63) is 83.4 Å². The van der Waals surface area contributed by atoms with Crippen molar-refractivity contribution >= 4 is 39.5 Å². The zero-order chi connectivity index (χ0) is 26.5. The van der Waals surface area contributed by atoms with Crippen LogP contribution < -0.4 is 15.8 Å². The Morgan fingerprint density at radius 3 is 2.17 bits per heavy atom. The van der Waals surface area contributed by atoms with Crippen LogP contribution in [0.4, 0.5) is 5.69 Å². The highest BCUT2D eigenvalue weighted by atomic mass is 32.2. The van der Waals surface area contributed by atoms with Gasteiger partial charge in [0.25, 0.3) is 5.91 Å². The third-order valence-electron chi connectivity index (χ3n) is 4.72. The molecule has 3 rings (SSSR count). The lowest BCUT2D eigenvalue weighted by Crippen LogP contribution is -2.22. The number of nitrogens with two attached hydrogens (primary N) is 1. The molecular weight excluding hydrogens is 490 g/mol. The molecule has 0 bridgehead atoms. The topological polar surface area (TPSA) is 186 Å². The molecule has 0 fully saturated rings. The van der Waals surface area contributed by atoms with E-state index in [1.54, 1.807) is 30.3 Å². The average molecular weight is 512 g/mol. The maximum atomic E-state index is 13.4. The highest BCUT2D eigenvalue weighted by molar-refractivity contribution is 7.86. The molecule has 12 heteroatoms. The molecule has 0 saturated heterocycles. The molecule has 0 aromatic heterocycles. The summed E-state index contributed by atoms with van der Waals surface area (Å²) in [6.45, 7) is -0.834. The van der Waals surface area contributed by atoms with E-state index in [1.807, 2.05) is 0 Å². The van der Waals surface area contributed by atoms with E-state index in [4.69, 9.17) is 21.0 Å². The van der Waals surface area contributed by atoms with Crippen molar-refractivity contribution in [2.45, 2.75) is 0 Å². The van der Waals surface area contributed by atoms with Gasteiger partial charge >= 0.3 is 22.1 Å². The predicted molar refractivity (Wildman–Crippen MR) is 131 cm³/mol. The first-order chi connectivity index (χ1) is 17.0. The minimum absolute atomic E-state index is 0.156. The van der Waals surface area contributed by atoms with E-state index in [2.05, 4.69) is 9.50 Å². The van der Waals surface area contributed by atoms with E-state index in [0.29, 0.717) is 17.4 Å². The van der Waals surface area contributed by atoms with Crippen LogP contribution in [0, 0.1) is 5.41 Å². The van der Waals surface area contributed by atoms with Crippen LogP contribution in [0.15, 0.2) is 66.7 Å². The lowest BCUT2D eigenvalue weighted by Gasteiger charge is -2.18. The standard InChI is InChI=1S/C24H21N3O8S/c1-36(32,33)35-24(31)20-17(14-5-3-2-4-6-14)11-12-18(34-13-19(28)29)21(20)23(30)27-16-9-7-15(8-10-16)22(25)26/h2-12H,13H2,1H3,(H3,25,26)(H,27,30)(H,28,29). The molecule has 186 valence electrons. The fourth-order valence-electron chi connectivity index (χ4n) is 3.24. The number of hydrogen-bond acceptors (Lipinski definition) is 8. The van der Waals surface area contributed by atoms with E-state index in [1.165, 1.54) is 36.4 Å². The molecule has 1 amide bonds. The number of carbonyl (C=O) groups is 3. The van der Waals surface area contributed by atoms with Crippen molar-refractivity contribution in [2.24, 2.45) is 5.73 Å². The average Bonchev–Trinajstić information content (AvgIpc) is 2.81. The second-order valence-electron chi connectivity index (χ2n) is 7.43. The van der Waals surface area contributed by atoms with E-state index in [9.17, 15) is 22.8 Å². The summed E-state index contributed by atoms with van der Waals surface area (Å²) < 4.78 is 33.3. The fourth-order valence-corrected chi connectivity index (χ4v) is 3.60. The Bertz CT molecular complexity index is 1440. The van der Waals surface area contributed by atoms with E-state index in [-0.39, 0.29) is 22.8 Å². The fraction of sp³-hybridized carbons (Fsp3) is 0.0833. The third-order valence-corrected chi connectivity index (χ3v) is 5.17. The van der Waals surface area contributed by atoms with Gasteiger partial charge in [-0.2, -0.15) is 8.42 Å². The molecule has 0 aliphatic rings. The molecule has 5 N–H and O–H groups in total. The molecule has 0 aliphatic carbocycles. The Labute approximate surface area is 206 Å². The summed E-state index contributed by atoms with van der Waals surface area (Å²) in [6, 6.07) is 16.9. The van der Waals surface area contributed by atoms with Crippen molar-refractivity contribution in [3.63, 3.8) is 0 Å². The van der Waals surface area contributed by atoms with Gasteiger partial charge in [0.05, 0.1) is 17.4 Å². The predicted octanol–water partition coefficient (Wildman–Crippen LogP) is 2.47. The van der Waals surface area contributed by atoms with Crippen LogP contribution in [0.5, 0.6) is 5.75 Å². The Morgan fingerprint density at radius 1 is 0.972 bits per heavy atom. The molecule has 3 aromatic rings.